The summed E-state index contributed by atoms with van der Waals surface area (Å²) in [5.41, 5.74) is 3.91. The summed E-state index contributed by atoms with van der Waals surface area (Å²) in [5.74, 6) is 1.61. The van der Waals surface area contributed by atoms with Gasteiger partial charge in [-0.1, -0.05) is 12.1 Å². The molecule has 24 heavy (non-hydrogen) atoms. The Morgan fingerprint density at radius 1 is 1.04 bits per heavy atom. The number of hydrogen-bond donors (Lipinski definition) is 0. The lowest BCUT2D eigenvalue weighted by molar-refractivity contribution is -0.126. The van der Waals surface area contributed by atoms with Crippen LogP contribution in [0.4, 0.5) is 5.69 Å². The van der Waals surface area contributed by atoms with Gasteiger partial charge < -0.3 is 14.2 Å². The van der Waals surface area contributed by atoms with Crippen molar-refractivity contribution in [2.24, 2.45) is 0 Å². The van der Waals surface area contributed by atoms with Crippen molar-refractivity contribution in [3.63, 3.8) is 0 Å². The molecule has 4 heteroatoms. The first-order valence-corrected chi connectivity index (χ1v) is 8.39. The van der Waals surface area contributed by atoms with Crippen LogP contribution in [0.1, 0.15) is 22.6 Å². The molecule has 0 N–H and O–H groups in total. The number of rotatable bonds is 3. The summed E-state index contributed by atoms with van der Waals surface area (Å²) in [4.78, 5) is 16.6. The molecule has 0 unspecified atom stereocenters. The van der Waals surface area contributed by atoms with E-state index in [4.69, 9.17) is 4.42 Å². The van der Waals surface area contributed by atoms with Gasteiger partial charge in [0.25, 0.3) is 0 Å². The largest absolute Gasteiger partial charge is 0.462 e. The van der Waals surface area contributed by atoms with E-state index in [0.29, 0.717) is 0 Å². The topological polar surface area (TPSA) is 36.7 Å². The van der Waals surface area contributed by atoms with Crippen molar-refractivity contribution < 1.29 is 9.21 Å². The number of nitrogens with zero attached hydrogens (tertiary/aromatic N) is 2. The molecule has 1 aliphatic rings. The number of hydrogen-bond acceptors (Lipinski definition) is 3. The lowest BCUT2D eigenvalue weighted by Crippen LogP contribution is -2.48. The van der Waals surface area contributed by atoms with E-state index in [1.807, 2.05) is 24.0 Å². The fourth-order valence-corrected chi connectivity index (χ4v) is 3.05. The van der Waals surface area contributed by atoms with Crippen LogP contribution < -0.4 is 4.90 Å². The van der Waals surface area contributed by atoms with Crippen LogP contribution in [0.2, 0.25) is 0 Å². The Morgan fingerprint density at radius 2 is 1.79 bits per heavy atom. The van der Waals surface area contributed by atoms with Crippen LogP contribution in [-0.2, 0) is 4.79 Å². The van der Waals surface area contributed by atoms with E-state index >= 15 is 0 Å². The molecule has 0 radical (unpaired) electrons. The van der Waals surface area contributed by atoms with Gasteiger partial charge in [0.2, 0.25) is 5.91 Å². The van der Waals surface area contributed by atoms with Crippen molar-refractivity contribution >= 4 is 17.7 Å². The SMILES string of the molecule is Cc1ccc(C=CC(=O)N2CCN(c3cccc(C)c3C)CC2)o1. The van der Waals surface area contributed by atoms with Gasteiger partial charge in [-0.25, -0.2) is 0 Å². The van der Waals surface area contributed by atoms with Gasteiger partial charge >= 0.3 is 0 Å². The first kappa shape index (κ1) is 16.4. The Labute approximate surface area is 143 Å². The van der Waals surface area contributed by atoms with Gasteiger partial charge in [0.05, 0.1) is 0 Å². The zero-order valence-electron chi connectivity index (χ0n) is 14.6. The molecule has 0 bridgehead atoms. The normalized spacial score (nSPS) is 15.3. The van der Waals surface area contributed by atoms with E-state index in [0.717, 1.165) is 37.7 Å². The Hall–Kier alpha value is -2.49. The molecule has 4 nitrogen and oxygen atoms in total. The van der Waals surface area contributed by atoms with E-state index < -0.39 is 0 Å². The van der Waals surface area contributed by atoms with Gasteiger partial charge in [-0.15, -0.1) is 0 Å². The Bertz CT molecular complexity index is 753. The van der Waals surface area contributed by atoms with Crippen LogP contribution in [0.3, 0.4) is 0 Å². The van der Waals surface area contributed by atoms with Crippen LogP contribution in [0, 0.1) is 20.8 Å². The van der Waals surface area contributed by atoms with Crippen LogP contribution >= 0.6 is 0 Å². The Kier molecular flexibility index (Phi) is 4.74. The number of benzene rings is 1. The molecule has 3 rings (SSSR count). The molecule has 1 saturated heterocycles. The van der Waals surface area contributed by atoms with Gasteiger partial charge in [0.1, 0.15) is 11.5 Å². The fraction of sp³-hybridized carbons (Fsp3) is 0.350. The minimum Gasteiger partial charge on any atom is -0.462 e. The van der Waals surface area contributed by atoms with Crippen molar-refractivity contribution in [1.29, 1.82) is 0 Å². The third-order valence-corrected chi connectivity index (χ3v) is 4.66. The second-order valence-electron chi connectivity index (χ2n) is 6.31. The molecule has 1 aromatic heterocycles. The first-order valence-electron chi connectivity index (χ1n) is 8.39. The van der Waals surface area contributed by atoms with Crippen LogP contribution in [0.25, 0.3) is 6.08 Å². The number of carbonyl (C=O) groups excluding carboxylic acids is 1. The van der Waals surface area contributed by atoms with Crippen molar-refractivity contribution in [3.05, 3.63) is 59.1 Å². The average molecular weight is 324 g/mol. The maximum absolute atomic E-state index is 12.3. The second kappa shape index (κ2) is 6.95. The number of aryl methyl sites for hydroxylation is 2. The quantitative estimate of drug-likeness (QED) is 0.810. The lowest BCUT2D eigenvalue weighted by atomic mass is 10.1. The number of amides is 1. The Balaban J connectivity index is 1.59. The molecular formula is C20H24N2O2. The summed E-state index contributed by atoms with van der Waals surface area (Å²) in [6.07, 6.45) is 3.35. The van der Waals surface area contributed by atoms with Crippen molar-refractivity contribution in [1.82, 2.24) is 4.90 Å². The van der Waals surface area contributed by atoms with Gasteiger partial charge in [-0.05, 0) is 56.2 Å². The van der Waals surface area contributed by atoms with Gasteiger partial charge in [0.15, 0.2) is 0 Å². The number of carbonyl (C=O) groups is 1. The molecule has 0 atom stereocenters. The van der Waals surface area contributed by atoms with E-state index in [9.17, 15) is 4.79 Å². The molecule has 126 valence electrons. The monoisotopic (exact) mass is 324 g/mol. The van der Waals surface area contributed by atoms with Gasteiger partial charge in [0, 0.05) is 37.9 Å². The molecule has 0 spiro atoms. The van der Waals surface area contributed by atoms with Gasteiger partial charge in [-0.2, -0.15) is 0 Å². The van der Waals surface area contributed by atoms with Crippen LogP contribution in [0.5, 0.6) is 0 Å². The fourth-order valence-electron chi connectivity index (χ4n) is 3.05. The number of piperazine rings is 1. The first-order chi connectivity index (χ1) is 11.5. The third kappa shape index (κ3) is 3.53. The molecule has 1 fully saturated rings. The van der Waals surface area contributed by atoms with Crippen LogP contribution in [-0.4, -0.2) is 37.0 Å². The van der Waals surface area contributed by atoms with Crippen molar-refractivity contribution in [3.8, 4) is 0 Å². The van der Waals surface area contributed by atoms with Gasteiger partial charge in [-0.3, -0.25) is 4.79 Å². The molecule has 0 saturated carbocycles. The molecule has 2 heterocycles. The summed E-state index contributed by atoms with van der Waals surface area (Å²) in [5, 5.41) is 0. The zero-order chi connectivity index (χ0) is 17.1. The molecule has 1 aromatic carbocycles. The molecule has 1 aliphatic heterocycles. The molecular weight excluding hydrogens is 300 g/mol. The molecule has 0 aliphatic carbocycles. The standard InChI is InChI=1S/C20H24N2O2/c1-15-5-4-6-19(17(15)3)21-11-13-22(14-12-21)20(23)10-9-18-8-7-16(2)24-18/h4-10H,11-14H2,1-3H3. The second-order valence-corrected chi connectivity index (χ2v) is 6.31. The summed E-state index contributed by atoms with van der Waals surface area (Å²) in [6.45, 7) is 9.41. The molecule has 2 aromatic rings. The highest BCUT2D eigenvalue weighted by Crippen LogP contribution is 2.23. The summed E-state index contributed by atoms with van der Waals surface area (Å²) >= 11 is 0. The summed E-state index contributed by atoms with van der Waals surface area (Å²) in [6, 6.07) is 10.2. The average Bonchev–Trinajstić information content (AvgIpc) is 3.01. The Morgan fingerprint density at radius 3 is 2.46 bits per heavy atom. The maximum Gasteiger partial charge on any atom is 0.246 e. The smallest absolute Gasteiger partial charge is 0.246 e. The minimum absolute atomic E-state index is 0.0460. The van der Waals surface area contributed by atoms with E-state index in [1.54, 1.807) is 12.2 Å². The van der Waals surface area contributed by atoms with Crippen molar-refractivity contribution in [2.45, 2.75) is 20.8 Å². The zero-order valence-corrected chi connectivity index (χ0v) is 14.6. The number of furan rings is 1. The number of anilines is 1. The maximum atomic E-state index is 12.3. The lowest BCUT2D eigenvalue weighted by Gasteiger charge is -2.36. The van der Waals surface area contributed by atoms with Crippen LogP contribution in [0.15, 0.2) is 40.8 Å². The predicted octanol–water partition coefficient (Wildman–Crippen LogP) is 3.57. The van der Waals surface area contributed by atoms with E-state index in [-0.39, 0.29) is 5.91 Å². The molecule has 1 amide bonds. The summed E-state index contributed by atoms with van der Waals surface area (Å²) in [7, 11) is 0. The predicted molar refractivity (Wildman–Crippen MR) is 97.2 cm³/mol. The minimum atomic E-state index is 0.0460. The van der Waals surface area contributed by atoms with E-state index in [1.165, 1.54) is 16.8 Å². The van der Waals surface area contributed by atoms with Crippen molar-refractivity contribution in [2.75, 3.05) is 31.1 Å². The highest BCUT2D eigenvalue weighted by molar-refractivity contribution is 5.91. The highest BCUT2D eigenvalue weighted by Gasteiger charge is 2.21. The highest BCUT2D eigenvalue weighted by atomic mass is 16.3. The van der Waals surface area contributed by atoms with E-state index in [2.05, 4.69) is 36.9 Å². The third-order valence-electron chi connectivity index (χ3n) is 4.66. The summed E-state index contributed by atoms with van der Waals surface area (Å²) < 4.78 is 5.45.